The summed E-state index contributed by atoms with van der Waals surface area (Å²) in [5.74, 6) is -0.529. The summed E-state index contributed by atoms with van der Waals surface area (Å²) in [4.78, 5) is 21.9. The van der Waals surface area contributed by atoms with Gasteiger partial charge >= 0.3 is 0 Å². The Morgan fingerprint density at radius 1 is 1.28 bits per heavy atom. The van der Waals surface area contributed by atoms with Crippen LogP contribution in [-0.2, 0) is 4.79 Å². The van der Waals surface area contributed by atoms with Gasteiger partial charge in [-0.2, -0.15) is 5.10 Å². The van der Waals surface area contributed by atoms with Crippen LogP contribution in [0, 0.1) is 10.1 Å². The number of benzene rings is 2. The van der Waals surface area contributed by atoms with E-state index >= 15 is 0 Å². The molecule has 0 aromatic heterocycles. The number of nitrogens with zero attached hydrogens (tertiary/aromatic N) is 2. The van der Waals surface area contributed by atoms with E-state index in [1.807, 2.05) is 0 Å². The third-order valence-corrected chi connectivity index (χ3v) is 3.12. The summed E-state index contributed by atoms with van der Waals surface area (Å²) >= 11 is 0. The Kier molecular flexibility index (Phi) is 5.51. The van der Waals surface area contributed by atoms with E-state index in [4.69, 9.17) is 4.74 Å². The van der Waals surface area contributed by atoms with Gasteiger partial charge in [-0.3, -0.25) is 14.9 Å². The highest BCUT2D eigenvalue weighted by atomic mass is 16.6. The monoisotopic (exact) mass is 345 g/mol. The molecule has 2 aromatic carbocycles. The van der Waals surface area contributed by atoms with E-state index in [9.17, 15) is 25.1 Å². The van der Waals surface area contributed by atoms with Crippen molar-refractivity contribution in [1.82, 2.24) is 5.43 Å². The van der Waals surface area contributed by atoms with Crippen LogP contribution in [0.25, 0.3) is 0 Å². The number of nitro benzene ring substituents is 1. The van der Waals surface area contributed by atoms with Gasteiger partial charge in [0.25, 0.3) is 11.6 Å². The summed E-state index contributed by atoms with van der Waals surface area (Å²) in [6.07, 6.45) is 0.317. The molecule has 2 aromatic rings. The standard InChI is InChI=1S/C16H15N3O6/c1-10(25-14-6-3-12(4-7-14)19(23)24)16(22)18-17-9-11-2-5-13(20)8-15(11)21/h2-10,20-21H,1H3,(H,18,22)/b17-9-/t10-/m1/s1. The summed E-state index contributed by atoms with van der Waals surface area (Å²) in [6, 6.07) is 9.25. The van der Waals surface area contributed by atoms with Crippen LogP contribution in [0.5, 0.6) is 17.2 Å². The largest absolute Gasteiger partial charge is 0.508 e. The molecule has 9 nitrogen and oxygen atoms in total. The lowest BCUT2D eigenvalue weighted by atomic mass is 10.2. The molecule has 0 radical (unpaired) electrons. The molecule has 0 aliphatic rings. The smallest absolute Gasteiger partial charge is 0.280 e. The highest BCUT2D eigenvalue weighted by Crippen LogP contribution is 2.21. The highest BCUT2D eigenvalue weighted by molar-refractivity contribution is 5.86. The van der Waals surface area contributed by atoms with Crippen molar-refractivity contribution in [2.75, 3.05) is 0 Å². The molecule has 2 rings (SSSR count). The fourth-order valence-corrected chi connectivity index (χ4v) is 1.80. The first-order valence-electron chi connectivity index (χ1n) is 7.13. The van der Waals surface area contributed by atoms with E-state index in [1.54, 1.807) is 0 Å². The number of aromatic hydroxyl groups is 2. The molecule has 0 aliphatic carbocycles. The summed E-state index contributed by atoms with van der Waals surface area (Å²) < 4.78 is 5.36. The van der Waals surface area contributed by atoms with Gasteiger partial charge in [0.15, 0.2) is 6.10 Å². The maximum atomic E-state index is 11.9. The second kappa shape index (κ2) is 7.77. The summed E-state index contributed by atoms with van der Waals surface area (Å²) in [5.41, 5.74) is 2.47. The molecule has 0 saturated carbocycles. The molecule has 3 N–H and O–H groups in total. The molecule has 0 heterocycles. The van der Waals surface area contributed by atoms with E-state index in [0.29, 0.717) is 11.3 Å². The molecule has 0 aliphatic heterocycles. The van der Waals surface area contributed by atoms with Crippen molar-refractivity contribution in [3.63, 3.8) is 0 Å². The van der Waals surface area contributed by atoms with Crippen LogP contribution < -0.4 is 10.2 Å². The van der Waals surface area contributed by atoms with Gasteiger partial charge < -0.3 is 14.9 Å². The normalized spacial score (nSPS) is 11.9. The van der Waals surface area contributed by atoms with Gasteiger partial charge in [-0.25, -0.2) is 5.43 Å². The molecule has 0 bridgehead atoms. The maximum Gasteiger partial charge on any atom is 0.280 e. The number of rotatable bonds is 6. The van der Waals surface area contributed by atoms with Crippen molar-refractivity contribution in [2.24, 2.45) is 5.10 Å². The second-order valence-corrected chi connectivity index (χ2v) is 4.99. The first-order valence-corrected chi connectivity index (χ1v) is 7.13. The summed E-state index contributed by atoms with van der Waals surface area (Å²) in [6.45, 7) is 1.49. The maximum absolute atomic E-state index is 11.9. The van der Waals surface area contributed by atoms with Crippen LogP contribution >= 0.6 is 0 Å². The number of hydrogen-bond acceptors (Lipinski definition) is 7. The topological polar surface area (TPSA) is 134 Å². The Bertz CT molecular complexity index is 804. The van der Waals surface area contributed by atoms with E-state index in [2.05, 4.69) is 10.5 Å². The third-order valence-electron chi connectivity index (χ3n) is 3.12. The molecule has 0 saturated heterocycles. The van der Waals surface area contributed by atoms with E-state index in [0.717, 1.165) is 6.07 Å². The molecule has 9 heteroatoms. The van der Waals surface area contributed by atoms with Crippen LogP contribution in [0.15, 0.2) is 47.6 Å². The number of non-ortho nitro benzene ring substituents is 1. The number of hydrazone groups is 1. The highest BCUT2D eigenvalue weighted by Gasteiger charge is 2.14. The van der Waals surface area contributed by atoms with Gasteiger partial charge in [-0.1, -0.05) is 0 Å². The number of amides is 1. The Labute approximate surface area is 142 Å². The Morgan fingerprint density at radius 3 is 2.56 bits per heavy atom. The summed E-state index contributed by atoms with van der Waals surface area (Å²) in [5, 5.41) is 33.0. The molecule has 1 amide bonds. The minimum Gasteiger partial charge on any atom is -0.508 e. The third kappa shape index (κ3) is 4.93. The van der Waals surface area contributed by atoms with Crippen molar-refractivity contribution >= 4 is 17.8 Å². The number of nitro groups is 1. The van der Waals surface area contributed by atoms with E-state index in [1.165, 1.54) is 49.5 Å². The van der Waals surface area contributed by atoms with Gasteiger partial charge in [0.05, 0.1) is 11.1 Å². The van der Waals surface area contributed by atoms with E-state index < -0.39 is 16.9 Å². The van der Waals surface area contributed by atoms with Crippen LogP contribution in [-0.4, -0.2) is 33.4 Å². The van der Waals surface area contributed by atoms with Crippen molar-refractivity contribution in [1.29, 1.82) is 0 Å². The van der Waals surface area contributed by atoms with Crippen LogP contribution in [0.4, 0.5) is 5.69 Å². The SMILES string of the molecule is C[C@@H](Oc1ccc([N+](=O)[O-])cc1)C(=O)N/N=C\c1ccc(O)cc1O. The Balaban J connectivity index is 1.91. The lowest BCUT2D eigenvalue weighted by molar-refractivity contribution is -0.384. The zero-order valence-electron chi connectivity index (χ0n) is 13.1. The molecule has 0 unspecified atom stereocenters. The Hall–Kier alpha value is -3.62. The van der Waals surface area contributed by atoms with Crippen LogP contribution in [0.3, 0.4) is 0 Å². The number of nitrogens with one attached hydrogen (secondary N) is 1. The van der Waals surface area contributed by atoms with Crippen molar-refractivity contribution in [2.45, 2.75) is 13.0 Å². The molecule has 25 heavy (non-hydrogen) atoms. The minimum absolute atomic E-state index is 0.0808. The number of hydrogen-bond donors (Lipinski definition) is 3. The zero-order chi connectivity index (χ0) is 18.4. The Morgan fingerprint density at radius 2 is 1.96 bits per heavy atom. The average Bonchev–Trinajstić information content (AvgIpc) is 2.57. The molecule has 1 atom stereocenters. The number of carbonyl (C=O) groups excluding carboxylic acids is 1. The van der Waals surface area contributed by atoms with Crippen LogP contribution in [0.1, 0.15) is 12.5 Å². The van der Waals surface area contributed by atoms with Gasteiger partial charge in [0.2, 0.25) is 0 Å². The zero-order valence-corrected chi connectivity index (χ0v) is 13.1. The number of carbonyl (C=O) groups is 1. The average molecular weight is 345 g/mol. The van der Waals surface area contributed by atoms with Crippen LogP contribution in [0.2, 0.25) is 0 Å². The minimum atomic E-state index is -0.896. The molecular weight excluding hydrogens is 330 g/mol. The number of ether oxygens (including phenoxy) is 1. The predicted octanol–water partition coefficient (Wildman–Crippen LogP) is 1.92. The first-order chi connectivity index (χ1) is 11.9. The van der Waals surface area contributed by atoms with Crippen molar-refractivity contribution in [3.05, 3.63) is 58.1 Å². The first kappa shape index (κ1) is 17.7. The molecular formula is C16H15N3O6. The second-order valence-electron chi connectivity index (χ2n) is 4.99. The predicted molar refractivity (Wildman–Crippen MR) is 88.7 cm³/mol. The fraction of sp³-hybridized carbons (Fsp3) is 0.125. The summed E-state index contributed by atoms with van der Waals surface area (Å²) in [7, 11) is 0. The quantitative estimate of drug-likeness (QED) is 0.416. The molecule has 130 valence electrons. The van der Waals surface area contributed by atoms with Gasteiger partial charge in [0.1, 0.15) is 17.2 Å². The lowest BCUT2D eigenvalue weighted by Gasteiger charge is -2.12. The fourth-order valence-electron chi connectivity index (χ4n) is 1.80. The molecule has 0 fully saturated rings. The van der Waals surface area contributed by atoms with Crippen molar-refractivity contribution < 1.29 is 24.7 Å². The van der Waals surface area contributed by atoms with E-state index in [-0.39, 0.29) is 17.2 Å². The van der Waals surface area contributed by atoms with Gasteiger partial charge in [-0.15, -0.1) is 0 Å². The molecule has 0 spiro atoms. The number of phenolic OH excluding ortho intramolecular Hbond substituents is 2. The van der Waals surface area contributed by atoms with Crippen molar-refractivity contribution in [3.8, 4) is 17.2 Å². The lowest BCUT2D eigenvalue weighted by Crippen LogP contribution is -2.33. The van der Waals surface area contributed by atoms with Gasteiger partial charge in [-0.05, 0) is 31.2 Å². The number of phenols is 2. The van der Waals surface area contributed by atoms with Gasteiger partial charge in [0, 0.05) is 23.8 Å².